The van der Waals surface area contributed by atoms with Crippen molar-refractivity contribution in [1.29, 1.82) is 0 Å². The fourth-order valence-electron chi connectivity index (χ4n) is 3.97. The predicted molar refractivity (Wildman–Crippen MR) is 88.8 cm³/mol. The second kappa shape index (κ2) is 7.64. The highest BCUT2D eigenvalue weighted by molar-refractivity contribution is 5.67. The van der Waals surface area contributed by atoms with Gasteiger partial charge in [0.2, 0.25) is 0 Å². The Balaban J connectivity index is 1.88. The van der Waals surface area contributed by atoms with Crippen LogP contribution in [-0.4, -0.2) is 48.3 Å². The number of rotatable bonds is 4. The second-order valence-electron chi connectivity index (χ2n) is 7.76. The van der Waals surface area contributed by atoms with Crippen molar-refractivity contribution in [3.8, 4) is 0 Å². The fraction of sp³-hybridized carbons (Fsp3) is 0.941. The quantitative estimate of drug-likeness (QED) is 0.837. The number of nitrogens with zero attached hydrogens (tertiary/aromatic N) is 1. The topological polar surface area (TPSA) is 67.6 Å². The van der Waals surface area contributed by atoms with E-state index in [4.69, 9.17) is 10.5 Å². The molecule has 0 aromatic carbocycles. The van der Waals surface area contributed by atoms with Gasteiger partial charge in [-0.15, -0.1) is 0 Å². The van der Waals surface area contributed by atoms with Gasteiger partial charge in [-0.1, -0.05) is 12.8 Å². The van der Waals surface area contributed by atoms with Crippen molar-refractivity contribution in [2.75, 3.05) is 19.6 Å². The average Bonchev–Trinajstić information content (AvgIpc) is 2.46. The Labute approximate surface area is 134 Å². The van der Waals surface area contributed by atoms with Gasteiger partial charge in [0.25, 0.3) is 0 Å². The summed E-state index contributed by atoms with van der Waals surface area (Å²) in [5, 5.41) is 2.90. The smallest absolute Gasteiger partial charge is 0.407 e. The standard InChI is InChI=1S/C17H33N3O2/c1-17(2,3)22-16(21)19-12-14(11-18)20-10-6-8-13-7-4-5-9-15(13)20/h13-15H,4-12,18H2,1-3H3,(H,19,21)/t13-,14?,15-/m1/s1. The molecule has 0 spiro atoms. The third kappa shape index (κ3) is 4.85. The van der Waals surface area contributed by atoms with Crippen LogP contribution in [0.15, 0.2) is 0 Å². The van der Waals surface area contributed by atoms with Gasteiger partial charge in [0.05, 0.1) is 0 Å². The Kier molecular flexibility index (Phi) is 6.09. The second-order valence-corrected chi connectivity index (χ2v) is 7.76. The molecule has 2 rings (SSSR count). The lowest BCUT2D eigenvalue weighted by Gasteiger charge is -2.47. The maximum atomic E-state index is 11.9. The number of hydrogen-bond donors (Lipinski definition) is 2. The number of fused-ring (bicyclic) bond motifs is 1. The molecule has 1 saturated heterocycles. The molecule has 22 heavy (non-hydrogen) atoms. The van der Waals surface area contributed by atoms with E-state index < -0.39 is 5.60 Å². The molecule has 0 aromatic heterocycles. The van der Waals surface area contributed by atoms with Crippen LogP contribution in [0.3, 0.4) is 0 Å². The molecule has 3 atom stereocenters. The first-order valence-corrected chi connectivity index (χ1v) is 8.83. The van der Waals surface area contributed by atoms with E-state index in [9.17, 15) is 4.79 Å². The van der Waals surface area contributed by atoms with Crippen molar-refractivity contribution >= 4 is 6.09 Å². The summed E-state index contributed by atoms with van der Waals surface area (Å²) in [4.78, 5) is 14.4. The third-order valence-electron chi connectivity index (χ3n) is 4.91. The highest BCUT2D eigenvalue weighted by Gasteiger charge is 2.36. The average molecular weight is 311 g/mol. The van der Waals surface area contributed by atoms with E-state index >= 15 is 0 Å². The number of piperidine rings is 1. The van der Waals surface area contributed by atoms with E-state index in [1.165, 1.54) is 38.5 Å². The van der Waals surface area contributed by atoms with Crippen molar-refractivity contribution in [1.82, 2.24) is 10.2 Å². The Morgan fingerprint density at radius 1 is 1.27 bits per heavy atom. The van der Waals surface area contributed by atoms with Gasteiger partial charge in [-0.3, -0.25) is 4.90 Å². The molecule has 1 aliphatic heterocycles. The molecule has 0 bridgehead atoms. The number of likely N-dealkylation sites (tertiary alicyclic amines) is 1. The lowest BCUT2D eigenvalue weighted by atomic mass is 9.77. The lowest BCUT2D eigenvalue weighted by Crippen LogP contribution is -2.57. The maximum Gasteiger partial charge on any atom is 0.407 e. The van der Waals surface area contributed by atoms with Gasteiger partial charge in [0.15, 0.2) is 0 Å². The molecule has 1 amide bonds. The van der Waals surface area contributed by atoms with E-state index in [1.54, 1.807) is 0 Å². The van der Waals surface area contributed by atoms with E-state index in [0.29, 0.717) is 19.1 Å². The zero-order chi connectivity index (χ0) is 16.2. The number of carbonyl (C=O) groups excluding carboxylic acids is 1. The minimum absolute atomic E-state index is 0.221. The normalized spacial score (nSPS) is 27.8. The highest BCUT2D eigenvalue weighted by atomic mass is 16.6. The van der Waals surface area contributed by atoms with Gasteiger partial charge in [-0.2, -0.15) is 0 Å². The van der Waals surface area contributed by atoms with Crippen LogP contribution in [0.25, 0.3) is 0 Å². The summed E-state index contributed by atoms with van der Waals surface area (Å²) in [5.74, 6) is 0.832. The molecule has 5 heteroatoms. The summed E-state index contributed by atoms with van der Waals surface area (Å²) in [5.41, 5.74) is 5.55. The van der Waals surface area contributed by atoms with E-state index in [2.05, 4.69) is 10.2 Å². The summed E-state index contributed by atoms with van der Waals surface area (Å²) in [6.07, 6.45) is 7.61. The molecule has 1 aliphatic carbocycles. The molecule has 5 nitrogen and oxygen atoms in total. The molecule has 1 unspecified atom stereocenters. The van der Waals surface area contributed by atoms with E-state index in [1.807, 2.05) is 20.8 Å². The Morgan fingerprint density at radius 3 is 2.64 bits per heavy atom. The molecule has 2 fully saturated rings. The molecule has 2 aliphatic rings. The lowest BCUT2D eigenvalue weighted by molar-refractivity contribution is 0.0235. The number of nitrogens with one attached hydrogen (secondary N) is 1. The van der Waals surface area contributed by atoms with Gasteiger partial charge >= 0.3 is 6.09 Å². The first-order chi connectivity index (χ1) is 10.4. The molecule has 1 saturated carbocycles. The Morgan fingerprint density at radius 2 is 1.95 bits per heavy atom. The van der Waals surface area contributed by atoms with Gasteiger partial charge in [-0.05, 0) is 58.9 Å². The number of ether oxygens (including phenoxy) is 1. The molecule has 1 heterocycles. The molecule has 0 aromatic rings. The van der Waals surface area contributed by atoms with Gasteiger partial charge in [0, 0.05) is 25.2 Å². The monoisotopic (exact) mass is 311 g/mol. The van der Waals surface area contributed by atoms with Crippen LogP contribution < -0.4 is 11.1 Å². The minimum Gasteiger partial charge on any atom is -0.444 e. The molecule has 128 valence electrons. The van der Waals surface area contributed by atoms with E-state index in [0.717, 1.165) is 12.5 Å². The SMILES string of the molecule is CC(C)(C)OC(=O)NCC(CN)N1CCC[C@H]2CCCC[C@H]21. The molecule has 3 N–H and O–H groups in total. The number of hydrogen-bond acceptors (Lipinski definition) is 4. The van der Waals surface area contributed by atoms with Crippen LogP contribution in [0.1, 0.15) is 59.3 Å². The van der Waals surface area contributed by atoms with Crippen molar-refractivity contribution in [3.05, 3.63) is 0 Å². The van der Waals surface area contributed by atoms with Crippen LogP contribution in [0, 0.1) is 5.92 Å². The summed E-state index contributed by atoms with van der Waals surface area (Å²) in [7, 11) is 0. The summed E-state index contributed by atoms with van der Waals surface area (Å²) < 4.78 is 5.32. The van der Waals surface area contributed by atoms with Crippen molar-refractivity contribution in [2.45, 2.75) is 77.0 Å². The molecule has 0 radical (unpaired) electrons. The predicted octanol–water partition coefficient (Wildman–Crippen LogP) is 2.49. The minimum atomic E-state index is -0.456. The number of alkyl carbamates (subject to hydrolysis) is 1. The Hall–Kier alpha value is -0.810. The largest absolute Gasteiger partial charge is 0.444 e. The summed E-state index contributed by atoms with van der Waals surface area (Å²) in [6, 6.07) is 0.884. The third-order valence-corrected chi connectivity index (χ3v) is 4.91. The van der Waals surface area contributed by atoms with Crippen LogP contribution in [0.2, 0.25) is 0 Å². The number of amides is 1. The van der Waals surface area contributed by atoms with Crippen molar-refractivity contribution in [3.63, 3.8) is 0 Å². The summed E-state index contributed by atoms with van der Waals surface area (Å²) in [6.45, 7) is 7.91. The van der Waals surface area contributed by atoms with E-state index in [-0.39, 0.29) is 12.1 Å². The number of nitrogens with two attached hydrogens (primary N) is 1. The fourth-order valence-corrected chi connectivity index (χ4v) is 3.97. The van der Waals surface area contributed by atoms with Crippen LogP contribution >= 0.6 is 0 Å². The Bertz CT molecular complexity index is 365. The van der Waals surface area contributed by atoms with Crippen LogP contribution in [0.4, 0.5) is 4.79 Å². The maximum absolute atomic E-state index is 11.9. The van der Waals surface area contributed by atoms with Crippen molar-refractivity contribution < 1.29 is 9.53 Å². The van der Waals surface area contributed by atoms with Crippen molar-refractivity contribution in [2.24, 2.45) is 11.7 Å². The molecular formula is C17H33N3O2. The summed E-state index contributed by atoms with van der Waals surface area (Å²) >= 11 is 0. The van der Waals surface area contributed by atoms with Crippen LogP contribution in [0.5, 0.6) is 0 Å². The van der Waals surface area contributed by atoms with Gasteiger partial charge in [-0.25, -0.2) is 4.79 Å². The molecular weight excluding hydrogens is 278 g/mol. The zero-order valence-corrected chi connectivity index (χ0v) is 14.4. The zero-order valence-electron chi connectivity index (χ0n) is 14.4. The number of carbonyl (C=O) groups is 1. The highest BCUT2D eigenvalue weighted by Crippen LogP contribution is 2.36. The van der Waals surface area contributed by atoms with Gasteiger partial charge in [0.1, 0.15) is 5.60 Å². The first-order valence-electron chi connectivity index (χ1n) is 8.83. The van der Waals surface area contributed by atoms with Gasteiger partial charge < -0.3 is 15.8 Å². The van der Waals surface area contributed by atoms with Crippen LogP contribution in [-0.2, 0) is 4.74 Å². The first kappa shape index (κ1) is 17.5.